The maximum atomic E-state index is 11.9. The van der Waals surface area contributed by atoms with Crippen LogP contribution in [0.5, 0.6) is 0 Å². The summed E-state index contributed by atoms with van der Waals surface area (Å²) in [7, 11) is 0. The number of carboxylic acid groups (broad SMARTS) is 4. The third kappa shape index (κ3) is 7.92. The van der Waals surface area contributed by atoms with Crippen LogP contribution >= 0.6 is 0 Å². The van der Waals surface area contributed by atoms with E-state index in [9.17, 15) is 39.6 Å². The van der Waals surface area contributed by atoms with Gasteiger partial charge in [0.15, 0.2) is 0 Å². The van der Waals surface area contributed by atoms with E-state index < -0.39 is 23.9 Å². The number of rotatable bonds is 8. The summed E-state index contributed by atoms with van der Waals surface area (Å²) in [5.74, 6) is -5.56. The van der Waals surface area contributed by atoms with Crippen molar-refractivity contribution in [2.24, 2.45) is 0 Å². The van der Waals surface area contributed by atoms with Crippen molar-refractivity contribution in [3.63, 3.8) is 0 Å². The summed E-state index contributed by atoms with van der Waals surface area (Å²) in [6.07, 6.45) is 8.38. The van der Waals surface area contributed by atoms with Gasteiger partial charge in [0.1, 0.15) is 0 Å². The van der Waals surface area contributed by atoms with Crippen molar-refractivity contribution in [1.29, 1.82) is 0 Å². The molecule has 6 aromatic rings. The first-order valence-corrected chi connectivity index (χ1v) is 19.5. The number of nitrogens with zero attached hydrogens (tertiary/aromatic N) is 2. The van der Waals surface area contributed by atoms with Gasteiger partial charge in [-0.25, -0.2) is 19.2 Å². The van der Waals surface area contributed by atoms with Crippen molar-refractivity contribution in [2.45, 2.75) is 47.8 Å². The number of aromatic carboxylic acids is 4. The summed E-state index contributed by atoms with van der Waals surface area (Å²) in [6, 6.07) is 33.9. The SMILES string of the molecule is O=C(O)c1ccc(C2c3ccc([n-]3)C(c3ccc(C(=O)O)cc3)C3C=CC(N3)C(c3ccc(C(=O)O)cc3)c3ccc([n-]3)C(c3ccc(C(=O)O)cc3)C3C=CC2N3)cc1.[Pd+2]. The van der Waals surface area contributed by atoms with Crippen LogP contribution in [0.25, 0.3) is 0 Å². The quantitative estimate of drug-likeness (QED) is 0.0724. The van der Waals surface area contributed by atoms with Gasteiger partial charge in [0.25, 0.3) is 0 Å². The second-order valence-corrected chi connectivity index (χ2v) is 15.4. The summed E-state index contributed by atoms with van der Waals surface area (Å²) >= 11 is 0. The zero-order valence-electron chi connectivity index (χ0n) is 32.1. The molecule has 5 heterocycles. The van der Waals surface area contributed by atoms with Gasteiger partial charge >= 0.3 is 44.3 Å². The predicted molar refractivity (Wildman–Crippen MR) is 220 cm³/mol. The van der Waals surface area contributed by atoms with Crippen LogP contribution in [-0.2, 0) is 20.4 Å². The molecule has 8 unspecified atom stereocenters. The molecule has 3 aliphatic rings. The van der Waals surface area contributed by atoms with Crippen LogP contribution in [0.3, 0.4) is 0 Å². The zero-order chi connectivity index (χ0) is 41.7. The number of nitrogens with one attached hydrogen (secondary N) is 2. The molecule has 8 atom stereocenters. The fourth-order valence-corrected chi connectivity index (χ4v) is 9.04. The fraction of sp³-hybridized carbons (Fsp3) is 0.167. The molecular weight excluding hydrogens is 867 g/mol. The third-order valence-corrected chi connectivity index (χ3v) is 12.0. The van der Waals surface area contributed by atoms with Crippen molar-refractivity contribution < 1.29 is 60.0 Å². The van der Waals surface area contributed by atoms with Crippen molar-refractivity contribution in [3.8, 4) is 0 Å². The van der Waals surface area contributed by atoms with E-state index in [0.717, 1.165) is 45.0 Å². The molecule has 61 heavy (non-hydrogen) atoms. The Morgan fingerprint density at radius 1 is 0.344 bits per heavy atom. The molecule has 0 spiro atoms. The molecule has 8 bridgehead atoms. The smallest absolute Gasteiger partial charge is 0.664 e. The molecule has 9 rings (SSSR count). The van der Waals surface area contributed by atoms with E-state index in [1.54, 1.807) is 48.5 Å². The second kappa shape index (κ2) is 16.8. The molecule has 0 saturated carbocycles. The Hall–Kier alpha value is -6.62. The third-order valence-electron chi connectivity index (χ3n) is 12.0. The molecular formula is C48H38N4O8Pd. The number of hydrogen-bond donors (Lipinski definition) is 6. The van der Waals surface area contributed by atoms with Gasteiger partial charge in [0.2, 0.25) is 0 Å². The number of carbonyl (C=O) groups is 4. The van der Waals surface area contributed by atoms with E-state index >= 15 is 0 Å². The average Bonchev–Trinajstić information content (AvgIpc) is 4.10. The monoisotopic (exact) mass is 904 g/mol. The molecule has 0 amide bonds. The maximum Gasteiger partial charge on any atom is 2.00 e. The minimum Gasteiger partial charge on any atom is -0.664 e. The summed E-state index contributed by atoms with van der Waals surface area (Å²) in [5, 5.41) is 46.5. The van der Waals surface area contributed by atoms with Crippen molar-refractivity contribution in [1.82, 2.24) is 20.6 Å². The first kappa shape index (κ1) is 41.1. The molecule has 3 aliphatic heterocycles. The largest absolute Gasteiger partial charge is 2.00 e. The van der Waals surface area contributed by atoms with Crippen LogP contribution in [0.4, 0.5) is 0 Å². The van der Waals surface area contributed by atoms with Crippen molar-refractivity contribution in [2.75, 3.05) is 0 Å². The fourth-order valence-electron chi connectivity index (χ4n) is 9.04. The molecule has 6 N–H and O–H groups in total. The van der Waals surface area contributed by atoms with Crippen LogP contribution in [0.1, 0.15) is 110 Å². The summed E-state index contributed by atoms with van der Waals surface area (Å²) in [6.45, 7) is 0. The molecule has 4 aromatic carbocycles. The number of fused-ring (bicyclic) bond motifs is 8. The van der Waals surface area contributed by atoms with Gasteiger partial charge in [0.05, 0.1) is 22.3 Å². The van der Waals surface area contributed by atoms with Gasteiger partial charge in [-0.05, 0) is 70.8 Å². The Morgan fingerprint density at radius 3 is 0.721 bits per heavy atom. The first-order valence-electron chi connectivity index (χ1n) is 19.5. The Morgan fingerprint density at radius 2 is 0.541 bits per heavy atom. The van der Waals surface area contributed by atoms with E-state index in [4.69, 9.17) is 9.97 Å². The zero-order valence-corrected chi connectivity index (χ0v) is 33.7. The van der Waals surface area contributed by atoms with Gasteiger partial charge in [-0.15, -0.1) is 0 Å². The Kier molecular flexibility index (Phi) is 11.3. The molecule has 0 aliphatic carbocycles. The van der Waals surface area contributed by atoms with Crippen LogP contribution in [-0.4, -0.2) is 68.5 Å². The number of benzene rings is 4. The molecule has 0 fully saturated rings. The number of hydrogen-bond acceptors (Lipinski definition) is 6. The van der Waals surface area contributed by atoms with E-state index in [-0.39, 0.29) is 90.5 Å². The van der Waals surface area contributed by atoms with Crippen LogP contribution in [0, 0.1) is 0 Å². The van der Waals surface area contributed by atoms with Gasteiger partial charge in [-0.3, -0.25) is 0 Å². The molecule has 308 valence electrons. The summed E-state index contributed by atoms with van der Waals surface area (Å²) < 4.78 is 0. The summed E-state index contributed by atoms with van der Waals surface area (Å²) in [5.41, 5.74) is 7.05. The molecule has 2 aromatic heterocycles. The van der Waals surface area contributed by atoms with E-state index in [1.165, 1.54) is 0 Å². The minimum atomic E-state index is -1.03. The van der Waals surface area contributed by atoms with Crippen LogP contribution in [0.2, 0.25) is 0 Å². The Labute approximate surface area is 363 Å². The van der Waals surface area contributed by atoms with Gasteiger partial charge in [-0.2, -0.15) is 22.8 Å². The topological polar surface area (TPSA) is 201 Å². The Balaban J connectivity index is 0.00000514. The summed E-state index contributed by atoms with van der Waals surface area (Å²) in [4.78, 5) is 58.1. The standard InChI is InChI=1S/C48H38N4O8.Pd/c53-45(54)29-9-1-25(2-10-29)41-33-17-19-35(49-33)42(26-3-11-30(12-4-26)46(55)56)37-21-23-39(51-37)44(28-7-15-32(16-8-28)48(59)60)40-24-22-38(52-40)43(36-20-18-34(41)50-36)27-5-13-31(14-6-27)47(57)58;/h1-24,33,35,38,40-44,49,52H,(H,53,54)(H,55,56)(H,57,58)(H,59,60);/q-2;+2. The van der Waals surface area contributed by atoms with E-state index in [2.05, 4.69) is 34.9 Å². The van der Waals surface area contributed by atoms with Crippen molar-refractivity contribution in [3.05, 3.63) is 213 Å². The normalized spacial score (nSPS) is 23.9. The molecule has 0 saturated heterocycles. The van der Waals surface area contributed by atoms with E-state index in [0.29, 0.717) is 0 Å². The van der Waals surface area contributed by atoms with Gasteiger partial charge in [0, 0.05) is 47.8 Å². The Bertz CT molecular complexity index is 2310. The van der Waals surface area contributed by atoms with Crippen molar-refractivity contribution >= 4 is 23.9 Å². The van der Waals surface area contributed by atoms with Crippen LogP contribution in [0.15, 0.2) is 146 Å². The number of carboxylic acids is 4. The minimum absolute atomic E-state index is 0. The molecule has 12 nitrogen and oxygen atoms in total. The number of aromatic nitrogens is 2. The molecule has 0 radical (unpaired) electrons. The van der Waals surface area contributed by atoms with Crippen LogP contribution < -0.4 is 20.6 Å². The van der Waals surface area contributed by atoms with Gasteiger partial charge < -0.3 is 41.0 Å². The molecule has 13 heteroatoms. The van der Waals surface area contributed by atoms with E-state index in [1.807, 2.05) is 72.8 Å². The predicted octanol–water partition coefficient (Wildman–Crippen LogP) is 6.43. The second-order valence-electron chi connectivity index (χ2n) is 15.4. The maximum absolute atomic E-state index is 11.9. The first-order chi connectivity index (χ1) is 29.0. The van der Waals surface area contributed by atoms with Gasteiger partial charge in [-0.1, -0.05) is 97.1 Å². The average molecular weight is 905 g/mol.